The van der Waals surface area contributed by atoms with Crippen molar-refractivity contribution in [1.82, 2.24) is 0 Å². The van der Waals surface area contributed by atoms with Gasteiger partial charge >= 0.3 is 7.82 Å². The molecule has 3 N–H and O–H groups in total. The number of hydrogen-bond acceptors (Lipinski definition) is 2. The third kappa shape index (κ3) is 28.6. The van der Waals surface area contributed by atoms with Crippen LogP contribution in [0.5, 0.6) is 0 Å². The van der Waals surface area contributed by atoms with Crippen molar-refractivity contribution in [3.05, 3.63) is 12.2 Å². The van der Waals surface area contributed by atoms with Crippen LogP contribution in [0.3, 0.4) is 0 Å². The zero-order valence-electron chi connectivity index (χ0n) is 16.7. The molecule has 156 valence electrons. The molecule has 0 aromatic carbocycles. The summed E-state index contributed by atoms with van der Waals surface area (Å²) in [5.74, 6) is 0. The fourth-order valence-corrected chi connectivity index (χ4v) is 2.85. The van der Waals surface area contributed by atoms with Crippen molar-refractivity contribution < 1.29 is 24.0 Å². The summed E-state index contributed by atoms with van der Waals surface area (Å²) in [5.41, 5.74) is 0. The number of unbranched alkanes of at least 4 members (excludes halogenated alkanes) is 12. The molecular formula is C20H41O5P. The van der Waals surface area contributed by atoms with Crippen LogP contribution in [0.4, 0.5) is 0 Å². The van der Waals surface area contributed by atoms with E-state index in [2.05, 4.69) is 19.1 Å². The van der Waals surface area contributed by atoms with Crippen LogP contribution in [0.1, 0.15) is 103 Å². The van der Waals surface area contributed by atoms with Gasteiger partial charge in [0.2, 0.25) is 0 Å². The van der Waals surface area contributed by atoms with Gasteiger partial charge in [-0.25, -0.2) is 4.57 Å². The monoisotopic (exact) mass is 392 g/mol. The number of phosphoric acid groups is 1. The Morgan fingerprint density at radius 1 is 0.808 bits per heavy atom. The second-order valence-corrected chi connectivity index (χ2v) is 8.22. The Bertz CT molecular complexity index is 355. The first-order valence-corrected chi connectivity index (χ1v) is 12.0. The molecule has 0 bridgehead atoms. The van der Waals surface area contributed by atoms with E-state index in [1.54, 1.807) is 0 Å². The van der Waals surface area contributed by atoms with Crippen molar-refractivity contribution in [3.8, 4) is 0 Å². The summed E-state index contributed by atoms with van der Waals surface area (Å²) in [4.78, 5) is 21.6. The quantitative estimate of drug-likeness (QED) is 0.132. The molecule has 5 nitrogen and oxygen atoms in total. The fraction of sp³-hybridized carbons (Fsp3) is 0.900. The lowest BCUT2D eigenvalue weighted by Gasteiger charge is -2.00. The van der Waals surface area contributed by atoms with E-state index < -0.39 is 7.82 Å². The average Bonchev–Trinajstić information content (AvgIpc) is 3.37. The highest BCUT2D eigenvalue weighted by atomic mass is 31.2. The molecule has 6 heteroatoms. The molecule has 1 unspecified atom stereocenters. The van der Waals surface area contributed by atoms with Crippen molar-refractivity contribution in [1.29, 1.82) is 0 Å². The van der Waals surface area contributed by atoms with Gasteiger partial charge in [0.05, 0.1) is 12.7 Å². The molecule has 0 saturated carbocycles. The molecule has 1 saturated heterocycles. The molecule has 0 radical (unpaired) electrons. The van der Waals surface area contributed by atoms with Crippen LogP contribution >= 0.6 is 7.82 Å². The molecular weight excluding hydrogens is 351 g/mol. The summed E-state index contributed by atoms with van der Waals surface area (Å²) in [7, 11) is -4.64. The molecule has 1 aliphatic rings. The Morgan fingerprint density at radius 3 is 1.62 bits per heavy atom. The van der Waals surface area contributed by atoms with E-state index in [0.717, 1.165) is 6.61 Å². The predicted molar refractivity (Wildman–Crippen MR) is 108 cm³/mol. The second-order valence-electron chi connectivity index (χ2n) is 7.20. The normalized spacial score (nSPS) is 16.5. The number of hydrogen-bond donors (Lipinski definition) is 3. The number of ether oxygens (including phenoxy) is 1. The standard InChI is InChI=1S/C20H38O.H3O4P/c1-2-3-4-5-6-7-8-9-10-11-12-13-14-15-16-17-18-20-19-21-20;1-5(2,3)4/h9-10,20H,2-8,11-19H2,1H3;(H3,1,2,3,4)/b10-9-;. The van der Waals surface area contributed by atoms with Gasteiger partial charge < -0.3 is 19.4 Å². The molecule has 0 amide bonds. The first kappa shape index (κ1) is 25.8. The lowest BCUT2D eigenvalue weighted by Crippen LogP contribution is -1.85. The van der Waals surface area contributed by atoms with Crippen LogP contribution in [-0.4, -0.2) is 27.4 Å². The Kier molecular flexibility index (Phi) is 18.1. The Morgan fingerprint density at radius 2 is 1.19 bits per heavy atom. The first-order chi connectivity index (χ1) is 12.4. The van der Waals surface area contributed by atoms with Gasteiger partial charge in [0.1, 0.15) is 0 Å². The molecule has 26 heavy (non-hydrogen) atoms. The SMILES string of the molecule is CCCCCCCC/C=C\CCCCCCCCC1CO1.O=P(O)(O)O. The largest absolute Gasteiger partial charge is 0.466 e. The molecule has 0 aromatic heterocycles. The molecule has 0 aliphatic carbocycles. The van der Waals surface area contributed by atoms with Gasteiger partial charge in [-0.05, 0) is 32.1 Å². The third-order valence-corrected chi connectivity index (χ3v) is 4.44. The Labute approximate surface area is 160 Å². The molecule has 1 atom stereocenters. The van der Waals surface area contributed by atoms with Crippen LogP contribution in [-0.2, 0) is 9.30 Å². The van der Waals surface area contributed by atoms with Crippen molar-refractivity contribution in [3.63, 3.8) is 0 Å². The second kappa shape index (κ2) is 18.2. The average molecular weight is 393 g/mol. The zero-order valence-corrected chi connectivity index (χ0v) is 17.5. The summed E-state index contributed by atoms with van der Waals surface area (Å²) in [6.45, 7) is 3.32. The maximum absolute atomic E-state index is 8.88. The van der Waals surface area contributed by atoms with Crippen molar-refractivity contribution >= 4 is 7.82 Å². The number of rotatable bonds is 16. The number of epoxide rings is 1. The molecule has 0 spiro atoms. The Hall–Kier alpha value is -0.190. The highest BCUT2D eigenvalue weighted by Crippen LogP contribution is 2.25. The molecule has 0 aromatic rings. The van der Waals surface area contributed by atoms with E-state index in [1.807, 2.05) is 0 Å². The van der Waals surface area contributed by atoms with E-state index in [1.165, 1.54) is 96.3 Å². The Balaban J connectivity index is 0.00000110. The van der Waals surface area contributed by atoms with Gasteiger partial charge in [-0.15, -0.1) is 0 Å². The van der Waals surface area contributed by atoms with E-state index in [4.69, 9.17) is 24.0 Å². The molecule has 1 rings (SSSR count). The van der Waals surface area contributed by atoms with Crippen LogP contribution < -0.4 is 0 Å². The zero-order chi connectivity index (χ0) is 19.5. The summed E-state index contributed by atoms with van der Waals surface area (Å²) in [6, 6.07) is 0. The fourth-order valence-electron chi connectivity index (χ4n) is 2.85. The van der Waals surface area contributed by atoms with E-state index in [9.17, 15) is 0 Å². The first-order valence-electron chi connectivity index (χ1n) is 10.5. The summed E-state index contributed by atoms with van der Waals surface area (Å²) in [6.07, 6.45) is 26.3. The number of allylic oxidation sites excluding steroid dienone is 2. The van der Waals surface area contributed by atoms with Gasteiger partial charge in [0.15, 0.2) is 0 Å². The smallest absolute Gasteiger partial charge is 0.373 e. The highest BCUT2D eigenvalue weighted by molar-refractivity contribution is 7.45. The minimum atomic E-state index is -4.64. The molecule has 1 aliphatic heterocycles. The minimum absolute atomic E-state index is 0.641. The predicted octanol–water partition coefficient (Wildman–Crippen LogP) is 5.88. The lowest BCUT2D eigenvalue weighted by molar-refractivity contribution is 0.275. The highest BCUT2D eigenvalue weighted by Gasteiger charge is 2.20. The topological polar surface area (TPSA) is 90.3 Å². The molecule has 1 heterocycles. The molecule has 1 fully saturated rings. The summed E-state index contributed by atoms with van der Waals surface area (Å²) < 4.78 is 14.1. The van der Waals surface area contributed by atoms with E-state index in [-0.39, 0.29) is 0 Å². The minimum Gasteiger partial charge on any atom is -0.373 e. The van der Waals surface area contributed by atoms with Crippen LogP contribution in [0, 0.1) is 0 Å². The summed E-state index contributed by atoms with van der Waals surface area (Å²) >= 11 is 0. The summed E-state index contributed by atoms with van der Waals surface area (Å²) in [5, 5.41) is 0. The third-order valence-electron chi connectivity index (χ3n) is 4.44. The maximum atomic E-state index is 8.88. The van der Waals surface area contributed by atoms with Gasteiger partial charge in [0, 0.05) is 0 Å². The van der Waals surface area contributed by atoms with E-state index in [0.29, 0.717) is 6.10 Å². The van der Waals surface area contributed by atoms with Gasteiger partial charge in [-0.1, -0.05) is 83.3 Å². The van der Waals surface area contributed by atoms with Crippen molar-refractivity contribution in [2.24, 2.45) is 0 Å². The van der Waals surface area contributed by atoms with Crippen LogP contribution in [0.2, 0.25) is 0 Å². The lowest BCUT2D eigenvalue weighted by atomic mass is 10.1. The van der Waals surface area contributed by atoms with E-state index >= 15 is 0 Å². The van der Waals surface area contributed by atoms with Gasteiger partial charge in [-0.3, -0.25) is 0 Å². The maximum Gasteiger partial charge on any atom is 0.466 e. The van der Waals surface area contributed by atoms with Crippen molar-refractivity contribution in [2.45, 2.75) is 109 Å². The van der Waals surface area contributed by atoms with Crippen LogP contribution in [0.25, 0.3) is 0 Å². The van der Waals surface area contributed by atoms with Crippen LogP contribution in [0.15, 0.2) is 12.2 Å². The van der Waals surface area contributed by atoms with Gasteiger partial charge in [0.25, 0.3) is 0 Å². The van der Waals surface area contributed by atoms with Gasteiger partial charge in [-0.2, -0.15) is 0 Å². The van der Waals surface area contributed by atoms with Crippen molar-refractivity contribution in [2.75, 3.05) is 6.61 Å².